The van der Waals surface area contributed by atoms with E-state index in [1.807, 2.05) is 13.8 Å². The van der Waals surface area contributed by atoms with Crippen molar-refractivity contribution in [2.45, 2.75) is 26.7 Å². The Hall–Kier alpha value is -1.32. The minimum Gasteiger partial charge on any atom is -0.469 e. The summed E-state index contributed by atoms with van der Waals surface area (Å²) in [6, 6.07) is 2.11. The highest BCUT2D eigenvalue weighted by atomic mass is 35.5. The van der Waals surface area contributed by atoms with Gasteiger partial charge in [0, 0.05) is 13.1 Å². The van der Waals surface area contributed by atoms with E-state index < -0.39 is 5.41 Å². The predicted octanol–water partition coefficient (Wildman–Crippen LogP) is 3.08. The van der Waals surface area contributed by atoms with Crippen molar-refractivity contribution < 1.29 is 9.53 Å². The zero-order valence-electron chi connectivity index (χ0n) is 12.4. The first-order chi connectivity index (χ1) is 9.91. The number of piperidine rings is 1. The van der Waals surface area contributed by atoms with Gasteiger partial charge < -0.3 is 9.64 Å². The van der Waals surface area contributed by atoms with Gasteiger partial charge in [-0.1, -0.05) is 11.6 Å². The number of nitriles is 1. The molecule has 0 N–H and O–H groups in total. The molecular weight excluding hydrogens is 310 g/mol. The highest BCUT2D eigenvalue weighted by Crippen LogP contribution is 2.39. The van der Waals surface area contributed by atoms with Crippen LogP contribution in [0.25, 0.3) is 0 Å². The molecule has 1 atom stereocenters. The molecule has 1 aliphatic heterocycles. The van der Waals surface area contributed by atoms with E-state index in [0.717, 1.165) is 24.4 Å². The quantitative estimate of drug-likeness (QED) is 0.798. The number of halogens is 1. The third-order valence-corrected chi connectivity index (χ3v) is 5.47. The minimum atomic E-state index is -0.547. The van der Waals surface area contributed by atoms with Gasteiger partial charge in [-0.3, -0.25) is 4.79 Å². The molecule has 1 saturated heterocycles. The van der Waals surface area contributed by atoms with Crippen LogP contribution in [0.2, 0.25) is 5.15 Å². The largest absolute Gasteiger partial charge is 0.469 e. The molecule has 0 spiro atoms. The molecule has 1 aromatic heterocycles. The van der Waals surface area contributed by atoms with Gasteiger partial charge in [-0.25, -0.2) is 0 Å². The summed E-state index contributed by atoms with van der Waals surface area (Å²) in [5.41, 5.74) is -0.118. The summed E-state index contributed by atoms with van der Waals surface area (Å²) in [5, 5.41) is 10.3. The van der Waals surface area contributed by atoms with E-state index in [1.54, 1.807) is 0 Å². The molecular formula is C14H18ClN3O2S. The zero-order valence-corrected chi connectivity index (χ0v) is 13.9. The fourth-order valence-corrected chi connectivity index (χ4v) is 3.82. The Morgan fingerprint density at radius 3 is 2.95 bits per heavy atom. The smallest absolute Gasteiger partial charge is 0.311 e. The summed E-state index contributed by atoms with van der Waals surface area (Å²) < 4.78 is 8.97. The molecule has 5 nitrogen and oxygen atoms in total. The van der Waals surface area contributed by atoms with Crippen LogP contribution < -0.4 is 4.90 Å². The van der Waals surface area contributed by atoms with Gasteiger partial charge in [0.15, 0.2) is 5.15 Å². The second-order valence-corrected chi connectivity index (χ2v) is 6.87. The van der Waals surface area contributed by atoms with Gasteiger partial charge in [-0.15, -0.1) is 0 Å². The second kappa shape index (κ2) is 6.20. The first kappa shape index (κ1) is 16.1. The average molecular weight is 328 g/mol. The van der Waals surface area contributed by atoms with Crippen LogP contribution in [0, 0.1) is 22.7 Å². The lowest BCUT2D eigenvalue weighted by Crippen LogP contribution is -2.45. The number of carbonyl (C=O) groups is 1. The molecule has 1 unspecified atom stereocenters. The van der Waals surface area contributed by atoms with Gasteiger partial charge in [-0.05, 0) is 44.1 Å². The maximum Gasteiger partial charge on any atom is 0.311 e. The molecule has 0 bridgehead atoms. The fraction of sp³-hybridized carbons (Fsp3) is 0.643. The van der Waals surface area contributed by atoms with Crippen molar-refractivity contribution in [2.24, 2.45) is 11.3 Å². The molecule has 2 rings (SSSR count). The Kier molecular flexibility index (Phi) is 4.74. The molecule has 7 heteroatoms. The Bertz CT molecular complexity index is 579. The molecule has 2 heterocycles. The lowest BCUT2D eigenvalue weighted by atomic mass is 9.74. The molecule has 1 aliphatic rings. The van der Waals surface area contributed by atoms with E-state index in [2.05, 4.69) is 15.3 Å². The first-order valence-electron chi connectivity index (χ1n) is 6.80. The van der Waals surface area contributed by atoms with Crippen molar-refractivity contribution in [3.63, 3.8) is 0 Å². The Labute approximate surface area is 133 Å². The lowest BCUT2D eigenvalue weighted by Gasteiger charge is -2.40. The summed E-state index contributed by atoms with van der Waals surface area (Å²) in [7, 11) is 1.42. The molecule has 21 heavy (non-hydrogen) atoms. The van der Waals surface area contributed by atoms with Crippen LogP contribution in [-0.2, 0) is 9.53 Å². The van der Waals surface area contributed by atoms with E-state index >= 15 is 0 Å². The van der Waals surface area contributed by atoms with Gasteiger partial charge in [-0.2, -0.15) is 9.64 Å². The number of methoxy groups -OCH3 is 1. The number of carbonyl (C=O) groups excluding carboxylic acids is 1. The van der Waals surface area contributed by atoms with Gasteiger partial charge in [0.2, 0.25) is 0 Å². The molecule has 1 fully saturated rings. The highest BCUT2D eigenvalue weighted by Gasteiger charge is 2.40. The maximum absolute atomic E-state index is 12.0. The molecule has 114 valence electrons. The Balaban J connectivity index is 2.22. The van der Waals surface area contributed by atoms with Crippen LogP contribution in [0.15, 0.2) is 0 Å². The Morgan fingerprint density at radius 1 is 1.62 bits per heavy atom. The number of anilines is 1. The Morgan fingerprint density at radius 2 is 2.33 bits per heavy atom. The summed E-state index contributed by atoms with van der Waals surface area (Å²) >= 11 is 7.18. The maximum atomic E-state index is 12.0. The van der Waals surface area contributed by atoms with E-state index in [1.165, 1.54) is 18.6 Å². The van der Waals surface area contributed by atoms with Crippen molar-refractivity contribution in [1.82, 2.24) is 4.37 Å². The standard InChI is InChI=1S/C14H18ClN3O2S/c1-14(2,13(19)20-3)9-5-4-6-18(8-9)12-10(7-16)11(15)17-21-12/h9H,4-6,8H2,1-3H3. The molecule has 0 amide bonds. The molecule has 0 aromatic carbocycles. The van der Waals surface area contributed by atoms with Gasteiger partial charge in [0.05, 0.1) is 12.5 Å². The van der Waals surface area contributed by atoms with Crippen molar-refractivity contribution in [1.29, 1.82) is 5.26 Å². The first-order valence-corrected chi connectivity index (χ1v) is 7.95. The number of hydrogen-bond donors (Lipinski definition) is 0. The second-order valence-electron chi connectivity index (χ2n) is 5.76. The number of ether oxygens (including phenoxy) is 1. The van der Waals surface area contributed by atoms with Crippen LogP contribution >= 0.6 is 23.1 Å². The zero-order chi connectivity index (χ0) is 15.6. The molecule has 0 aliphatic carbocycles. The van der Waals surface area contributed by atoms with E-state index in [9.17, 15) is 10.1 Å². The van der Waals surface area contributed by atoms with Crippen molar-refractivity contribution in [2.75, 3.05) is 25.1 Å². The van der Waals surface area contributed by atoms with Crippen LogP contribution in [0.5, 0.6) is 0 Å². The highest BCUT2D eigenvalue weighted by molar-refractivity contribution is 7.10. The summed E-state index contributed by atoms with van der Waals surface area (Å²) in [6.07, 6.45) is 1.93. The number of rotatable bonds is 3. The third-order valence-electron chi connectivity index (χ3n) is 4.18. The summed E-state index contributed by atoms with van der Waals surface area (Å²) in [5.74, 6) is -0.0247. The minimum absolute atomic E-state index is 0.172. The number of hydrogen-bond acceptors (Lipinski definition) is 6. The van der Waals surface area contributed by atoms with Crippen LogP contribution in [0.1, 0.15) is 32.3 Å². The molecule has 0 radical (unpaired) electrons. The van der Waals surface area contributed by atoms with Gasteiger partial charge in [0.25, 0.3) is 0 Å². The number of nitrogens with zero attached hydrogens (tertiary/aromatic N) is 3. The van der Waals surface area contributed by atoms with E-state index in [-0.39, 0.29) is 17.0 Å². The summed E-state index contributed by atoms with van der Waals surface area (Å²) in [4.78, 5) is 14.1. The summed E-state index contributed by atoms with van der Waals surface area (Å²) in [6.45, 7) is 5.38. The average Bonchev–Trinajstić information content (AvgIpc) is 2.87. The number of esters is 1. The fourth-order valence-electron chi connectivity index (χ4n) is 2.75. The van der Waals surface area contributed by atoms with Crippen LogP contribution in [0.4, 0.5) is 5.00 Å². The van der Waals surface area contributed by atoms with E-state index in [4.69, 9.17) is 16.3 Å². The van der Waals surface area contributed by atoms with Crippen molar-refractivity contribution in [3.05, 3.63) is 10.7 Å². The SMILES string of the molecule is COC(=O)C(C)(C)C1CCCN(c2snc(Cl)c2C#N)C1. The van der Waals surface area contributed by atoms with Crippen molar-refractivity contribution in [3.8, 4) is 6.07 Å². The predicted molar refractivity (Wildman–Crippen MR) is 82.6 cm³/mol. The van der Waals surface area contributed by atoms with E-state index in [0.29, 0.717) is 12.1 Å². The topological polar surface area (TPSA) is 66.2 Å². The van der Waals surface area contributed by atoms with Crippen LogP contribution in [-0.4, -0.2) is 30.5 Å². The lowest BCUT2D eigenvalue weighted by molar-refractivity contribution is -0.154. The normalized spacial score (nSPS) is 19.2. The van der Waals surface area contributed by atoms with Gasteiger partial charge in [0.1, 0.15) is 16.6 Å². The monoisotopic (exact) mass is 327 g/mol. The van der Waals surface area contributed by atoms with Crippen molar-refractivity contribution >= 4 is 34.1 Å². The van der Waals surface area contributed by atoms with Gasteiger partial charge >= 0.3 is 5.97 Å². The molecule has 1 aromatic rings. The molecule has 0 saturated carbocycles. The van der Waals surface area contributed by atoms with Crippen LogP contribution in [0.3, 0.4) is 0 Å². The number of aromatic nitrogens is 1. The third kappa shape index (κ3) is 2.99.